The molecule has 0 heterocycles. The third-order valence-corrected chi connectivity index (χ3v) is 2.45. The second kappa shape index (κ2) is 8.98. The first-order valence-electron chi connectivity index (χ1n) is 5.60. The minimum absolute atomic E-state index is 0.236. The van der Waals surface area contributed by atoms with Gasteiger partial charge < -0.3 is 9.80 Å². The molecule has 0 saturated carbocycles. The van der Waals surface area contributed by atoms with E-state index >= 15 is 0 Å². The topological polar surface area (TPSA) is 23.6 Å². The van der Waals surface area contributed by atoms with E-state index in [4.69, 9.17) is 11.6 Å². The van der Waals surface area contributed by atoms with Gasteiger partial charge in [0.05, 0.1) is 0 Å². The Hall–Kier alpha value is -0.280. The van der Waals surface area contributed by atoms with Crippen LogP contribution in [0.15, 0.2) is 0 Å². The molecule has 0 N–H and O–H groups in total. The van der Waals surface area contributed by atoms with Gasteiger partial charge in [-0.25, -0.2) is 0 Å². The first-order chi connectivity index (χ1) is 7.11. The summed E-state index contributed by atoms with van der Waals surface area (Å²) in [6, 6.07) is 0. The lowest BCUT2D eigenvalue weighted by atomic mass is 10.2. The van der Waals surface area contributed by atoms with Gasteiger partial charge in [-0.15, -0.1) is 11.6 Å². The van der Waals surface area contributed by atoms with Gasteiger partial charge in [-0.1, -0.05) is 6.92 Å². The summed E-state index contributed by atoms with van der Waals surface area (Å²) in [5, 5.41) is 0. The normalized spacial score (nSPS) is 10.7. The molecule has 0 unspecified atom stereocenters. The molecule has 0 aromatic rings. The molecule has 0 fully saturated rings. The van der Waals surface area contributed by atoms with Gasteiger partial charge in [0.1, 0.15) is 0 Å². The van der Waals surface area contributed by atoms with Crippen molar-refractivity contribution in [1.29, 1.82) is 0 Å². The number of carbonyl (C=O) groups is 1. The minimum atomic E-state index is 0.236. The van der Waals surface area contributed by atoms with Crippen molar-refractivity contribution in [1.82, 2.24) is 9.80 Å². The predicted octanol–water partition coefficient (Wildman–Crippen LogP) is 1.81. The Morgan fingerprint density at radius 2 is 1.87 bits per heavy atom. The summed E-state index contributed by atoms with van der Waals surface area (Å²) < 4.78 is 0. The number of nitrogens with zero attached hydrogens (tertiary/aromatic N) is 2. The maximum atomic E-state index is 11.8. The third kappa shape index (κ3) is 7.63. The Morgan fingerprint density at radius 3 is 2.33 bits per heavy atom. The number of likely N-dealkylation sites (N-methyl/N-ethyl adjacent to an activating group) is 1. The lowest BCUT2D eigenvalue weighted by Gasteiger charge is -2.23. The molecule has 4 heteroatoms. The molecule has 0 aromatic carbocycles. The number of hydrogen-bond donors (Lipinski definition) is 0. The molecule has 0 bridgehead atoms. The molecule has 0 saturated heterocycles. The first kappa shape index (κ1) is 14.7. The zero-order valence-corrected chi connectivity index (χ0v) is 10.9. The first-order valence-corrected chi connectivity index (χ1v) is 6.13. The Bertz CT molecular complexity index is 174. The van der Waals surface area contributed by atoms with E-state index in [1.54, 1.807) is 0 Å². The lowest BCUT2D eigenvalue weighted by molar-refractivity contribution is -0.131. The van der Waals surface area contributed by atoms with Crippen molar-refractivity contribution in [2.75, 3.05) is 39.6 Å². The molecule has 3 nitrogen and oxygen atoms in total. The van der Waals surface area contributed by atoms with Gasteiger partial charge in [0.15, 0.2) is 0 Å². The van der Waals surface area contributed by atoms with Crippen LogP contribution in [0.1, 0.15) is 26.2 Å². The van der Waals surface area contributed by atoms with Crippen LogP contribution in [-0.4, -0.2) is 55.3 Å². The highest BCUT2D eigenvalue weighted by Gasteiger charge is 2.11. The van der Waals surface area contributed by atoms with Crippen molar-refractivity contribution < 1.29 is 4.79 Å². The smallest absolute Gasteiger partial charge is 0.222 e. The fourth-order valence-corrected chi connectivity index (χ4v) is 1.46. The summed E-state index contributed by atoms with van der Waals surface area (Å²) in [5.74, 6) is 0.804. The van der Waals surface area contributed by atoms with E-state index in [0.717, 1.165) is 32.5 Å². The second-order valence-electron chi connectivity index (χ2n) is 3.98. The van der Waals surface area contributed by atoms with Crippen molar-refractivity contribution >= 4 is 17.5 Å². The van der Waals surface area contributed by atoms with Crippen molar-refractivity contribution in [2.45, 2.75) is 26.2 Å². The molecule has 0 aliphatic carbocycles. The van der Waals surface area contributed by atoms with Crippen LogP contribution < -0.4 is 0 Å². The molecule has 0 radical (unpaired) electrons. The SMILES string of the molecule is CCCN(CCN(C)C)C(=O)CCCCl. The van der Waals surface area contributed by atoms with Crippen molar-refractivity contribution in [2.24, 2.45) is 0 Å². The van der Waals surface area contributed by atoms with E-state index in [1.165, 1.54) is 0 Å². The third-order valence-electron chi connectivity index (χ3n) is 2.19. The fourth-order valence-electron chi connectivity index (χ4n) is 1.33. The van der Waals surface area contributed by atoms with Crippen molar-refractivity contribution in [3.05, 3.63) is 0 Å². The van der Waals surface area contributed by atoms with Crippen LogP contribution >= 0.6 is 11.6 Å². The van der Waals surface area contributed by atoms with Crippen LogP contribution in [-0.2, 0) is 4.79 Å². The number of alkyl halides is 1. The molecule has 0 aliphatic rings. The maximum absolute atomic E-state index is 11.8. The van der Waals surface area contributed by atoms with Crippen molar-refractivity contribution in [3.63, 3.8) is 0 Å². The van der Waals surface area contributed by atoms with Crippen LogP contribution in [0.3, 0.4) is 0 Å². The Kier molecular flexibility index (Phi) is 8.82. The minimum Gasteiger partial charge on any atom is -0.341 e. The van der Waals surface area contributed by atoms with E-state index in [2.05, 4.69) is 11.8 Å². The highest BCUT2D eigenvalue weighted by Crippen LogP contribution is 2.01. The number of amides is 1. The van der Waals surface area contributed by atoms with Gasteiger partial charge in [-0.3, -0.25) is 4.79 Å². The van der Waals surface area contributed by atoms with Gasteiger partial charge in [0.25, 0.3) is 0 Å². The monoisotopic (exact) mass is 234 g/mol. The number of halogens is 1. The van der Waals surface area contributed by atoms with Gasteiger partial charge in [-0.2, -0.15) is 0 Å². The molecule has 0 aromatic heterocycles. The van der Waals surface area contributed by atoms with E-state index < -0.39 is 0 Å². The van der Waals surface area contributed by atoms with E-state index in [0.29, 0.717) is 12.3 Å². The number of carbonyl (C=O) groups excluding carboxylic acids is 1. The molecule has 90 valence electrons. The van der Waals surface area contributed by atoms with Crippen LogP contribution in [0.5, 0.6) is 0 Å². The molecule has 0 aliphatic heterocycles. The van der Waals surface area contributed by atoms with Gasteiger partial charge in [-0.05, 0) is 26.9 Å². The molecule has 1 amide bonds. The molecular formula is C11H23ClN2O. The Labute approximate surface area is 98.4 Å². The molecule has 0 rings (SSSR count). The highest BCUT2D eigenvalue weighted by molar-refractivity contribution is 6.17. The van der Waals surface area contributed by atoms with Gasteiger partial charge >= 0.3 is 0 Å². The average Bonchev–Trinajstić information content (AvgIpc) is 2.20. The average molecular weight is 235 g/mol. The summed E-state index contributed by atoms with van der Waals surface area (Å²) in [4.78, 5) is 15.8. The van der Waals surface area contributed by atoms with Crippen LogP contribution in [0.25, 0.3) is 0 Å². The van der Waals surface area contributed by atoms with Crippen molar-refractivity contribution in [3.8, 4) is 0 Å². The zero-order chi connectivity index (χ0) is 11.7. The lowest BCUT2D eigenvalue weighted by Crippen LogP contribution is -2.37. The van der Waals surface area contributed by atoms with Gasteiger partial charge in [0.2, 0.25) is 5.91 Å². The summed E-state index contributed by atoms with van der Waals surface area (Å²) in [5.41, 5.74) is 0. The van der Waals surface area contributed by atoms with E-state index in [-0.39, 0.29) is 5.91 Å². The van der Waals surface area contributed by atoms with Crippen LogP contribution in [0.2, 0.25) is 0 Å². The molecule has 15 heavy (non-hydrogen) atoms. The Morgan fingerprint density at radius 1 is 1.20 bits per heavy atom. The summed E-state index contributed by atoms with van der Waals surface area (Å²) in [6.07, 6.45) is 2.37. The quantitative estimate of drug-likeness (QED) is 0.598. The molecule has 0 spiro atoms. The number of hydrogen-bond acceptors (Lipinski definition) is 2. The maximum Gasteiger partial charge on any atom is 0.222 e. The molecule has 0 atom stereocenters. The summed E-state index contributed by atoms with van der Waals surface area (Å²) >= 11 is 5.58. The fraction of sp³-hybridized carbons (Fsp3) is 0.909. The second-order valence-corrected chi connectivity index (χ2v) is 4.35. The number of rotatable bonds is 8. The largest absolute Gasteiger partial charge is 0.341 e. The van der Waals surface area contributed by atoms with E-state index in [9.17, 15) is 4.79 Å². The molecular weight excluding hydrogens is 212 g/mol. The Balaban J connectivity index is 3.94. The van der Waals surface area contributed by atoms with Crippen LogP contribution in [0.4, 0.5) is 0 Å². The predicted molar refractivity (Wildman–Crippen MR) is 65.4 cm³/mol. The van der Waals surface area contributed by atoms with Gasteiger partial charge in [0, 0.05) is 31.9 Å². The van der Waals surface area contributed by atoms with E-state index in [1.807, 2.05) is 19.0 Å². The summed E-state index contributed by atoms with van der Waals surface area (Å²) in [6.45, 7) is 4.70. The summed E-state index contributed by atoms with van der Waals surface area (Å²) in [7, 11) is 4.04. The standard InChI is InChI=1S/C11H23ClN2O/c1-4-8-14(10-9-13(2)3)11(15)6-5-7-12/h4-10H2,1-3H3. The highest BCUT2D eigenvalue weighted by atomic mass is 35.5. The zero-order valence-electron chi connectivity index (χ0n) is 10.1. The van der Waals surface area contributed by atoms with Crippen LogP contribution in [0, 0.1) is 0 Å².